The van der Waals surface area contributed by atoms with Crippen LogP contribution in [0.5, 0.6) is 0 Å². The van der Waals surface area contributed by atoms with E-state index in [0.29, 0.717) is 35.5 Å². The Bertz CT molecular complexity index is 992. The standard InChI is InChI=1S/C31H47N2O4/c1-20(2)24-13-11-22(5)15-28(24)36-30(34)17-32-19-33(27-10-8-7-9-26(27)32)18-31(35)37-29-16-23(6)12-14-25(29)21(3)4/h7-10,19-25,28-29H,11-18H2,1-6H3/q+1/t22-,23+,24-,25+,28-,29-/m1/s1. The van der Waals surface area contributed by atoms with Gasteiger partial charge in [-0.05, 0) is 73.3 Å². The predicted octanol–water partition coefficient (Wildman–Crippen LogP) is 5.94. The average Bonchev–Trinajstić information content (AvgIpc) is 3.15. The minimum atomic E-state index is -0.212. The third-order valence-corrected chi connectivity index (χ3v) is 8.87. The highest BCUT2D eigenvalue weighted by atomic mass is 16.5. The van der Waals surface area contributed by atoms with Gasteiger partial charge >= 0.3 is 11.9 Å². The summed E-state index contributed by atoms with van der Waals surface area (Å²) in [5.74, 6) is 2.55. The SMILES string of the molecule is CC(C)[C@H]1CC[C@@H](C)C[C@H]1OC(=O)C[n+]1cn(CC(=O)O[C@@H]2C[C@@H](C)CC[C@H]2C(C)C)c2ccccc21. The highest BCUT2D eigenvalue weighted by Gasteiger charge is 2.35. The first-order valence-corrected chi connectivity index (χ1v) is 14.5. The Morgan fingerprint density at radius 1 is 0.865 bits per heavy atom. The van der Waals surface area contributed by atoms with E-state index in [9.17, 15) is 9.59 Å². The fraction of sp³-hybridized carbons (Fsp3) is 0.710. The summed E-state index contributed by atoms with van der Waals surface area (Å²) in [6.07, 6.45) is 8.32. The van der Waals surface area contributed by atoms with Crippen molar-refractivity contribution >= 4 is 23.0 Å². The maximum atomic E-state index is 13.1. The molecule has 0 aliphatic heterocycles. The first kappa shape index (κ1) is 27.7. The molecule has 204 valence electrons. The van der Waals surface area contributed by atoms with Crippen LogP contribution in [0.1, 0.15) is 80.1 Å². The van der Waals surface area contributed by atoms with Gasteiger partial charge in [0.15, 0.2) is 24.1 Å². The largest absolute Gasteiger partial charge is 0.459 e. The van der Waals surface area contributed by atoms with Crippen molar-refractivity contribution in [3.05, 3.63) is 30.6 Å². The molecular weight excluding hydrogens is 464 g/mol. The van der Waals surface area contributed by atoms with Gasteiger partial charge in [0.25, 0.3) is 0 Å². The number of rotatable bonds is 8. The number of carbonyl (C=O) groups excluding carboxylic acids is 2. The normalized spacial score (nSPS) is 28.5. The summed E-state index contributed by atoms with van der Waals surface area (Å²) < 4.78 is 15.9. The van der Waals surface area contributed by atoms with Crippen molar-refractivity contribution in [2.75, 3.05) is 0 Å². The van der Waals surface area contributed by atoms with Gasteiger partial charge in [0.1, 0.15) is 12.2 Å². The minimum Gasteiger partial charge on any atom is -0.459 e. The number of carbonyl (C=O) groups is 2. The van der Waals surface area contributed by atoms with Gasteiger partial charge in [-0.2, -0.15) is 0 Å². The number of para-hydroxylation sites is 2. The van der Waals surface area contributed by atoms with E-state index in [2.05, 4.69) is 41.5 Å². The molecule has 2 aliphatic carbocycles. The molecule has 2 aliphatic rings. The van der Waals surface area contributed by atoms with Crippen LogP contribution in [0.3, 0.4) is 0 Å². The second-order valence-corrected chi connectivity index (χ2v) is 12.6. The van der Waals surface area contributed by atoms with Crippen molar-refractivity contribution in [2.24, 2.45) is 35.5 Å². The molecule has 1 aromatic carbocycles. The summed E-state index contributed by atoms with van der Waals surface area (Å²) >= 11 is 0. The molecule has 0 saturated heterocycles. The smallest absolute Gasteiger partial charge is 0.348 e. The van der Waals surface area contributed by atoms with Crippen LogP contribution in [-0.2, 0) is 32.2 Å². The molecule has 2 saturated carbocycles. The number of nitrogens with zero attached hydrogens (tertiary/aromatic N) is 2. The summed E-state index contributed by atoms with van der Waals surface area (Å²) in [7, 11) is 0. The number of ether oxygens (including phenoxy) is 2. The molecule has 1 aromatic heterocycles. The zero-order chi connectivity index (χ0) is 26.7. The number of esters is 2. The first-order valence-electron chi connectivity index (χ1n) is 14.5. The topological polar surface area (TPSA) is 61.4 Å². The van der Waals surface area contributed by atoms with E-state index >= 15 is 0 Å². The van der Waals surface area contributed by atoms with Crippen LogP contribution in [0.15, 0.2) is 30.6 Å². The fourth-order valence-electron chi connectivity index (χ4n) is 6.69. The van der Waals surface area contributed by atoms with Crippen molar-refractivity contribution in [2.45, 2.75) is 105 Å². The Kier molecular flexibility index (Phi) is 8.97. The van der Waals surface area contributed by atoms with Gasteiger partial charge in [0.05, 0.1) is 0 Å². The third-order valence-electron chi connectivity index (χ3n) is 8.87. The van der Waals surface area contributed by atoms with Crippen LogP contribution in [0.25, 0.3) is 11.0 Å². The lowest BCUT2D eigenvalue weighted by Crippen LogP contribution is -2.42. The van der Waals surface area contributed by atoms with Crippen molar-refractivity contribution in [3.63, 3.8) is 0 Å². The molecule has 0 N–H and O–H groups in total. The van der Waals surface area contributed by atoms with Crippen molar-refractivity contribution < 1.29 is 23.6 Å². The highest BCUT2D eigenvalue weighted by Crippen LogP contribution is 2.36. The van der Waals surface area contributed by atoms with Gasteiger partial charge in [-0.15, -0.1) is 0 Å². The molecule has 2 aromatic rings. The van der Waals surface area contributed by atoms with Gasteiger partial charge in [-0.1, -0.05) is 66.5 Å². The zero-order valence-corrected chi connectivity index (χ0v) is 23.7. The highest BCUT2D eigenvalue weighted by molar-refractivity contribution is 5.76. The Hall–Kier alpha value is -2.37. The van der Waals surface area contributed by atoms with E-state index in [0.717, 1.165) is 36.7 Å². The summed E-state index contributed by atoms with van der Waals surface area (Å²) in [4.78, 5) is 26.2. The summed E-state index contributed by atoms with van der Waals surface area (Å²) in [6, 6.07) is 7.89. The molecule has 37 heavy (non-hydrogen) atoms. The van der Waals surface area contributed by atoms with E-state index in [-0.39, 0.29) is 37.2 Å². The number of fused-ring (bicyclic) bond motifs is 1. The number of hydrogen-bond donors (Lipinski definition) is 0. The van der Waals surface area contributed by atoms with E-state index in [1.165, 1.54) is 12.8 Å². The minimum absolute atomic E-state index is 0.0213. The first-order chi connectivity index (χ1) is 17.6. The van der Waals surface area contributed by atoms with E-state index in [4.69, 9.17) is 9.47 Å². The van der Waals surface area contributed by atoms with Crippen molar-refractivity contribution in [1.29, 1.82) is 0 Å². The molecule has 2 fully saturated rings. The third kappa shape index (κ3) is 6.74. The van der Waals surface area contributed by atoms with Crippen LogP contribution in [0.4, 0.5) is 0 Å². The fourth-order valence-corrected chi connectivity index (χ4v) is 6.69. The molecule has 6 atom stereocenters. The summed E-state index contributed by atoms with van der Waals surface area (Å²) in [6.45, 7) is 13.6. The van der Waals surface area contributed by atoms with Crippen LogP contribution < -0.4 is 4.57 Å². The Morgan fingerprint density at radius 2 is 1.41 bits per heavy atom. The number of imidazole rings is 1. The molecule has 0 spiro atoms. The number of hydrogen-bond acceptors (Lipinski definition) is 4. The van der Waals surface area contributed by atoms with Crippen LogP contribution in [0, 0.1) is 35.5 Å². The van der Waals surface area contributed by atoms with E-state index in [1.54, 1.807) is 0 Å². The molecule has 6 heteroatoms. The summed E-state index contributed by atoms with van der Waals surface area (Å²) in [5.41, 5.74) is 1.83. The molecule has 0 bridgehead atoms. The molecule has 1 heterocycles. The quantitative estimate of drug-likeness (QED) is 0.325. The van der Waals surface area contributed by atoms with Gasteiger partial charge in [0, 0.05) is 0 Å². The van der Waals surface area contributed by atoms with Crippen LogP contribution in [-0.4, -0.2) is 28.7 Å². The number of aromatic nitrogens is 2. The molecule has 6 nitrogen and oxygen atoms in total. The molecule has 0 radical (unpaired) electrons. The molecular formula is C31H47N2O4+. The second kappa shape index (κ2) is 12.0. The second-order valence-electron chi connectivity index (χ2n) is 12.6. The predicted molar refractivity (Wildman–Crippen MR) is 145 cm³/mol. The van der Waals surface area contributed by atoms with Crippen LogP contribution >= 0.6 is 0 Å². The Balaban J connectivity index is 1.45. The van der Waals surface area contributed by atoms with Gasteiger partial charge in [-0.3, -0.25) is 0 Å². The van der Waals surface area contributed by atoms with Crippen molar-refractivity contribution in [3.8, 4) is 0 Å². The Morgan fingerprint density at radius 3 is 1.97 bits per heavy atom. The monoisotopic (exact) mass is 511 g/mol. The summed E-state index contributed by atoms with van der Waals surface area (Å²) in [5, 5.41) is 0. The Labute approximate surface area is 222 Å². The number of benzene rings is 1. The van der Waals surface area contributed by atoms with Gasteiger partial charge < -0.3 is 9.47 Å². The average molecular weight is 512 g/mol. The molecule has 4 rings (SSSR count). The van der Waals surface area contributed by atoms with E-state index in [1.807, 2.05) is 39.7 Å². The maximum absolute atomic E-state index is 13.1. The van der Waals surface area contributed by atoms with Crippen LogP contribution in [0.2, 0.25) is 0 Å². The van der Waals surface area contributed by atoms with E-state index < -0.39 is 0 Å². The lowest BCUT2D eigenvalue weighted by molar-refractivity contribution is -0.661. The maximum Gasteiger partial charge on any atom is 0.348 e. The molecule has 0 amide bonds. The van der Waals surface area contributed by atoms with Crippen molar-refractivity contribution in [1.82, 2.24) is 4.57 Å². The van der Waals surface area contributed by atoms with Gasteiger partial charge in [-0.25, -0.2) is 18.7 Å². The van der Waals surface area contributed by atoms with Gasteiger partial charge in [0.2, 0.25) is 6.33 Å². The lowest BCUT2D eigenvalue weighted by atomic mass is 9.75. The lowest BCUT2D eigenvalue weighted by Gasteiger charge is -2.36. The zero-order valence-electron chi connectivity index (χ0n) is 23.7. The molecule has 0 unspecified atom stereocenters.